The second-order valence-electron chi connectivity index (χ2n) is 6.46. The average Bonchev–Trinajstić information content (AvgIpc) is 3.31. The molecule has 1 atom stereocenters. The minimum atomic E-state index is -0.230. The molecule has 25 heavy (non-hydrogen) atoms. The monoisotopic (exact) mass is 355 g/mol. The Hall–Kier alpha value is -2.18. The highest BCUT2D eigenvalue weighted by molar-refractivity contribution is 7.16. The highest BCUT2D eigenvalue weighted by Gasteiger charge is 2.22. The van der Waals surface area contributed by atoms with Crippen LogP contribution in [0.4, 0.5) is 5.69 Å². The van der Waals surface area contributed by atoms with Gasteiger partial charge in [0, 0.05) is 5.69 Å². The molecule has 1 saturated heterocycles. The molecular weight excluding hydrogens is 334 g/mol. The van der Waals surface area contributed by atoms with Gasteiger partial charge in [0.2, 0.25) is 0 Å². The van der Waals surface area contributed by atoms with Crippen LogP contribution < -0.4 is 5.32 Å². The Kier molecular flexibility index (Phi) is 4.55. The first kappa shape index (κ1) is 16.3. The highest BCUT2D eigenvalue weighted by Crippen LogP contribution is 2.26. The maximum Gasteiger partial charge on any atom is 0.291 e. The van der Waals surface area contributed by atoms with E-state index in [-0.39, 0.29) is 11.9 Å². The second kappa shape index (κ2) is 6.98. The molecule has 2 aromatic heterocycles. The van der Waals surface area contributed by atoms with Crippen molar-refractivity contribution < 1.29 is 9.21 Å². The fourth-order valence-corrected chi connectivity index (χ4v) is 3.97. The Morgan fingerprint density at radius 1 is 1.24 bits per heavy atom. The van der Waals surface area contributed by atoms with E-state index < -0.39 is 0 Å². The van der Waals surface area contributed by atoms with Crippen LogP contribution in [0.5, 0.6) is 0 Å². The number of carbonyl (C=O) groups excluding carboxylic acids is 1. The molecule has 0 spiro atoms. The fourth-order valence-electron chi connectivity index (χ4n) is 3.31. The van der Waals surface area contributed by atoms with Gasteiger partial charge < -0.3 is 9.73 Å². The van der Waals surface area contributed by atoms with Gasteiger partial charge in [0.1, 0.15) is 5.76 Å². The van der Waals surface area contributed by atoms with Crippen LogP contribution in [0.15, 0.2) is 40.3 Å². The molecule has 6 heteroatoms. The summed E-state index contributed by atoms with van der Waals surface area (Å²) in [5.41, 5.74) is 3.42. The zero-order valence-electron chi connectivity index (χ0n) is 14.2. The molecule has 3 aromatic rings. The summed E-state index contributed by atoms with van der Waals surface area (Å²) in [6.45, 7) is 4.33. The van der Waals surface area contributed by atoms with Crippen molar-refractivity contribution in [1.82, 2.24) is 9.88 Å². The van der Waals surface area contributed by atoms with E-state index in [9.17, 15) is 4.79 Å². The number of nitrogens with zero attached hydrogens (tertiary/aromatic N) is 2. The minimum absolute atomic E-state index is 0.202. The molecule has 1 aliphatic rings. The average molecular weight is 355 g/mol. The Morgan fingerprint density at radius 3 is 2.92 bits per heavy atom. The Labute approximate surface area is 150 Å². The first-order valence-electron chi connectivity index (χ1n) is 8.69. The molecule has 1 fully saturated rings. The first-order chi connectivity index (χ1) is 12.2. The number of nitrogens with one attached hydrogen (secondary N) is 1. The molecule has 1 aliphatic heterocycles. The van der Waals surface area contributed by atoms with Crippen LogP contribution >= 0.6 is 11.3 Å². The molecule has 0 aliphatic carbocycles. The van der Waals surface area contributed by atoms with Crippen molar-refractivity contribution >= 4 is 33.1 Å². The molecule has 1 aromatic carbocycles. The summed E-state index contributed by atoms with van der Waals surface area (Å²) in [5, 5.41) is 2.89. The molecule has 130 valence electrons. The van der Waals surface area contributed by atoms with Crippen molar-refractivity contribution in [2.24, 2.45) is 0 Å². The van der Waals surface area contributed by atoms with Crippen LogP contribution in [0.1, 0.15) is 48.5 Å². The molecule has 0 radical (unpaired) electrons. The van der Waals surface area contributed by atoms with Crippen molar-refractivity contribution in [3.05, 3.63) is 47.4 Å². The van der Waals surface area contributed by atoms with Crippen molar-refractivity contribution in [3.63, 3.8) is 0 Å². The van der Waals surface area contributed by atoms with Gasteiger partial charge in [-0.3, -0.25) is 9.69 Å². The molecule has 0 saturated carbocycles. The molecule has 4 rings (SSSR count). The van der Waals surface area contributed by atoms with Crippen LogP contribution in [-0.2, 0) is 0 Å². The van der Waals surface area contributed by atoms with Gasteiger partial charge in [-0.1, -0.05) is 6.42 Å². The number of amides is 1. The van der Waals surface area contributed by atoms with Gasteiger partial charge in [0.05, 0.1) is 21.8 Å². The Morgan fingerprint density at radius 2 is 2.08 bits per heavy atom. The number of piperidine rings is 1. The van der Waals surface area contributed by atoms with Crippen LogP contribution in [0.25, 0.3) is 10.2 Å². The molecule has 5 nitrogen and oxygen atoms in total. The van der Waals surface area contributed by atoms with E-state index in [4.69, 9.17) is 4.42 Å². The van der Waals surface area contributed by atoms with Crippen LogP contribution in [0.2, 0.25) is 0 Å². The lowest BCUT2D eigenvalue weighted by atomic mass is 10.1. The lowest BCUT2D eigenvalue weighted by Crippen LogP contribution is -2.32. The van der Waals surface area contributed by atoms with E-state index in [1.165, 1.54) is 19.3 Å². The zero-order valence-corrected chi connectivity index (χ0v) is 15.0. The third-order valence-electron chi connectivity index (χ3n) is 4.79. The summed E-state index contributed by atoms with van der Waals surface area (Å²) < 4.78 is 6.94. The summed E-state index contributed by atoms with van der Waals surface area (Å²) in [7, 11) is 0. The number of fused-ring (bicyclic) bond motifs is 1. The lowest BCUT2D eigenvalue weighted by Gasteiger charge is -2.31. The number of anilines is 1. The Bertz CT molecular complexity index is 880. The molecule has 1 N–H and O–H groups in total. The van der Waals surface area contributed by atoms with Gasteiger partial charge in [-0.25, -0.2) is 4.98 Å². The number of aromatic nitrogens is 1. The second-order valence-corrected chi connectivity index (χ2v) is 7.35. The number of likely N-dealkylation sites (tertiary alicyclic amines) is 1. The topological polar surface area (TPSA) is 58.4 Å². The lowest BCUT2D eigenvalue weighted by molar-refractivity contribution is 0.0987. The van der Waals surface area contributed by atoms with Crippen LogP contribution in [0, 0.1) is 0 Å². The SMILES string of the molecule is CC(c1ccc(C(=O)Nc2ccc3scnc3c2)o1)N1CCCCC1. The van der Waals surface area contributed by atoms with Gasteiger partial charge >= 0.3 is 0 Å². The summed E-state index contributed by atoms with van der Waals surface area (Å²) in [4.78, 5) is 19.2. The van der Waals surface area contributed by atoms with E-state index >= 15 is 0 Å². The number of thiazole rings is 1. The molecule has 1 unspecified atom stereocenters. The smallest absolute Gasteiger partial charge is 0.291 e. The molecule has 0 bridgehead atoms. The highest BCUT2D eigenvalue weighted by atomic mass is 32.1. The summed E-state index contributed by atoms with van der Waals surface area (Å²) in [6.07, 6.45) is 3.77. The molecular formula is C19H21N3O2S. The van der Waals surface area contributed by atoms with E-state index in [1.54, 1.807) is 22.9 Å². The molecule has 1 amide bonds. The first-order valence-corrected chi connectivity index (χ1v) is 9.57. The van der Waals surface area contributed by atoms with Crippen molar-refractivity contribution in [3.8, 4) is 0 Å². The van der Waals surface area contributed by atoms with E-state index in [2.05, 4.69) is 22.1 Å². The number of hydrogen-bond acceptors (Lipinski definition) is 5. The maximum atomic E-state index is 12.5. The number of benzene rings is 1. The van der Waals surface area contributed by atoms with E-state index in [1.807, 2.05) is 24.3 Å². The molecule has 3 heterocycles. The third kappa shape index (κ3) is 3.45. The quantitative estimate of drug-likeness (QED) is 0.738. The minimum Gasteiger partial charge on any atom is -0.454 e. The largest absolute Gasteiger partial charge is 0.454 e. The van der Waals surface area contributed by atoms with Gasteiger partial charge in [0.25, 0.3) is 5.91 Å². The number of hydrogen-bond donors (Lipinski definition) is 1. The summed E-state index contributed by atoms with van der Waals surface area (Å²) in [5.74, 6) is 0.964. The predicted octanol–water partition coefficient (Wildman–Crippen LogP) is 4.69. The van der Waals surface area contributed by atoms with Crippen molar-refractivity contribution in [2.45, 2.75) is 32.2 Å². The fraction of sp³-hybridized carbons (Fsp3) is 0.368. The maximum absolute atomic E-state index is 12.5. The summed E-state index contributed by atoms with van der Waals surface area (Å²) in [6, 6.07) is 9.61. The predicted molar refractivity (Wildman–Crippen MR) is 100 cm³/mol. The Balaban J connectivity index is 1.46. The van der Waals surface area contributed by atoms with Gasteiger partial charge in [-0.2, -0.15) is 0 Å². The normalized spacial score (nSPS) is 16.8. The number of rotatable bonds is 4. The number of furan rings is 1. The van der Waals surface area contributed by atoms with Gasteiger partial charge in [-0.15, -0.1) is 11.3 Å². The van der Waals surface area contributed by atoms with Gasteiger partial charge in [0.15, 0.2) is 5.76 Å². The van der Waals surface area contributed by atoms with Gasteiger partial charge in [-0.05, 0) is 63.2 Å². The van der Waals surface area contributed by atoms with Crippen LogP contribution in [-0.4, -0.2) is 28.9 Å². The summed E-state index contributed by atoms with van der Waals surface area (Å²) >= 11 is 1.58. The standard InChI is InChI=1S/C19H21N3O2S/c1-13(22-9-3-2-4-10-22)16-6-7-17(24-16)19(23)21-14-5-8-18-15(11-14)20-12-25-18/h5-8,11-13H,2-4,9-10H2,1H3,(H,21,23). The van der Waals surface area contributed by atoms with E-state index in [0.29, 0.717) is 5.76 Å². The number of carbonyl (C=O) groups is 1. The van der Waals surface area contributed by atoms with Crippen molar-refractivity contribution in [2.75, 3.05) is 18.4 Å². The van der Waals surface area contributed by atoms with Crippen molar-refractivity contribution in [1.29, 1.82) is 0 Å². The third-order valence-corrected chi connectivity index (χ3v) is 5.60. The zero-order chi connectivity index (χ0) is 17.2. The van der Waals surface area contributed by atoms with Crippen LogP contribution in [0.3, 0.4) is 0 Å². The van der Waals surface area contributed by atoms with E-state index in [0.717, 1.165) is 34.8 Å².